The summed E-state index contributed by atoms with van der Waals surface area (Å²) in [7, 11) is 0. The second kappa shape index (κ2) is 6.29. The summed E-state index contributed by atoms with van der Waals surface area (Å²) in [5, 5.41) is 11.3. The number of carboxylic acid groups (broad SMARTS) is 1. The summed E-state index contributed by atoms with van der Waals surface area (Å²) in [6.45, 7) is 6.15. The molecular weight excluding hydrogens is 340 g/mol. The molecule has 0 radical (unpaired) electrons. The van der Waals surface area contributed by atoms with Gasteiger partial charge in [0.2, 0.25) is 0 Å². The number of thioether (sulfide) groups is 1. The lowest BCUT2D eigenvalue weighted by Gasteiger charge is -2.48. The molecule has 2 heterocycles. The fraction of sp³-hybridized carbons (Fsp3) is 0.444. The predicted molar refractivity (Wildman–Crippen MR) is 96.9 cm³/mol. The Labute approximate surface area is 150 Å². The number of nitrogens with zero attached hydrogens (tertiary/aromatic N) is 1. The molecule has 1 fully saturated rings. The third kappa shape index (κ3) is 4.10. The molecule has 1 saturated heterocycles. The molecule has 1 aromatic carbocycles. The number of hydrogen-bond acceptors (Lipinski definition) is 4. The number of H-pyrrole nitrogens is 1. The van der Waals surface area contributed by atoms with Crippen LogP contribution < -0.4 is 0 Å². The number of carboxylic acids is 1. The first-order valence-electron chi connectivity index (χ1n) is 8.12. The summed E-state index contributed by atoms with van der Waals surface area (Å²) in [4.78, 5) is 28.3. The summed E-state index contributed by atoms with van der Waals surface area (Å²) < 4.78 is 4.82. The first-order chi connectivity index (χ1) is 11.7. The number of carbonyl (C=O) groups excluding carboxylic acids is 1. The summed E-state index contributed by atoms with van der Waals surface area (Å²) in [6.07, 6.45) is -0.405. The van der Waals surface area contributed by atoms with E-state index in [9.17, 15) is 14.7 Å². The number of likely N-dealkylation sites (tertiary alicyclic amines) is 1. The maximum absolute atomic E-state index is 12.1. The largest absolute Gasteiger partial charge is 0.481 e. The van der Waals surface area contributed by atoms with Crippen molar-refractivity contribution in [2.45, 2.75) is 42.6 Å². The van der Waals surface area contributed by atoms with Gasteiger partial charge in [-0.3, -0.25) is 4.79 Å². The van der Waals surface area contributed by atoms with E-state index in [1.54, 1.807) is 4.90 Å². The second-order valence-corrected chi connectivity index (χ2v) is 8.92. The molecule has 0 spiro atoms. The predicted octanol–water partition coefficient (Wildman–Crippen LogP) is 3.72. The zero-order chi connectivity index (χ0) is 18.2. The van der Waals surface area contributed by atoms with Crippen LogP contribution in [0.3, 0.4) is 0 Å². The zero-order valence-electron chi connectivity index (χ0n) is 14.5. The number of amides is 1. The molecule has 1 aliphatic rings. The van der Waals surface area contributed by atoms with Crippen molar-refractivity contribution in [3.8, 4) is 0 Å². The molecule has 1 amide bonds. The third-order valence-corrected chi connectivity index (χ3v) is 5.19. The van der Waals surface area contributed by atoms with Gasteiger partial charge in [0.25, 0.3) is 0 Å². The summed E-state index contributed by atoms with van der Waals surface area (Å²) in [5.41, 5.74) is 0.450. The van der Waals surface area contributed by atoms with Gasteiger partial charge in [-0.2, -0.15) is 0 Å². The van der Waals surface area contributed by atoms with Crippen LogP contribution in [-0.4, -0.2) is 50.5 Å². The van der Waals surface area contributed by atoms with Crippen LogP contribution in [0.4, 0.5) is 4.79 Å². The topological polar surface area (TPSA) is 82.6 Å². The lowest BCUT2D eigenvalue weighted by molar-refractivity contribution is -0.138. The Bertz CT molecular complexity index is 770. The van der Waals surface area contributed by atoms with Crippen molar-refractivity contribution < 1.29 is 19.4 Å². The van der Waals surface area contributed by atoms with Gasteiger partial charge in [0.1, 0.15) is 5.60 Å². The lowest BCUT2D eigenvalue weighted by atomic mass is 9.95. The molecular formula is C18H22N2O4S. The average molecular weight is 362 g/mol. The maximum Gasteiger partial charge on any atom is 0.410 e. The number of ether oxygens (including phenoxy) is 1. The highest BCUT2D eigenvalue weighted by Crippen LogP contribution is 2.43. The van der Waals surface area contributed by atoms with Gasteiger partial charge in [0.15, 0.2) is 0 Å². The van der Waals surface area contributed by atoms with Crippen LogP contribution in [0, 0.1) is 0 Å². The molecule has 2 N–H and O–H groups in total. The Balaban J connectivity index is 1.73. The number of para-hydroxylation sites is 1. The van der Waals surface area contributed by atoms with E-state index in [4.69, 9.17) is 4.74 Å². The molecule has 2 aromatic rings. The first-order valence-corrected chi connectivity index (χ1v) is 8.94. The van der Waals surface area contributed by atoms with E-state index in [-0.39, 0.29) is 6.42 Å². The SMILES string of the molecule is CC(C)(C)OC(=O)N1CC(CC(=O)O)(Sc2cc3ccccc3[nH]2)C1. The standard InChI is InChI=1S/C18H22N2O4S/c1-17(2,3)24-16(23)20-10-18(11-20,9-15(21)22)25-14-8-12-6-4-5-7-13(12)19-14/h4-8,19H,9-11H2,1-3H3,(H,21,22). The Morgan fingerprint density at radius 3 is 2.60 bits per heavy atom. The normalized spacial score (nSPS) is 16.5. The smallest absolute Gasteiger partial charge is 0.410 e. The van der Waals surface area contributed by atoms with Crippen molar-refractivity contribution in [3.05, 3.63) is 30.3 Å². The van der Waals surface area contributed by atoms with E-state index >= 15 is 0 Å². The van der Waals surface area contributed by atoms with Gasteiger partial charge in [-0.15, -0.1) is 0 Å². The number of fused-ring (bicyclic) bond motifs is 1. The van der Waals surface area contributed by atoms with Crippen molar-refractivity contribution in [2.24, 2.45) is 0 Å². The molecule has 0 atom stereocenters. The highest BCUT2D eigenvalue weighted by molar-refractivity contribution is 8.00. The molecule has 1 aromatic heterocycles. The van der Waals surface area contributed by atoms with E-state index < -0.39 is 22.4 Å². The quantitative estimate of drug-likeness (QED) is 0.866. The van der Waals surface area contributed by atoms with Gasteiger partial charge >= 0.3 is 12.1 Å². The van der Waals surface area contributed by atoms with Crippen molar-refractivity contribution in [3.63, 3.8) is 0 Å². The van der Waals surface area contributed by atoms with Crippen LogP contribution in [-0.2, 0) is 9.53 Å². The molecule has 25 heavy (non-hydrogen) atoms. The van der Waals surface area contributed by atoms with Gasteiger partial charge in [-0.05, 0) is 32.9 Å². The molecule has 134 valence electrons. The highest BCUT2D eigenvalue weighted by Gasteiger charge is 2.49. The molecule has 0 unspecified atom stereocenters. The summed E-state index contributed by atoms with van der Waals surface area (Å²) in [6, 6.07) is 9.92. The van der Waals surface area contributed by atoms with Crippen molar-refractivity contribution in [1.82, 2.24) is 9.88 Å². The Kier molecular flexibility index (Phi) is 4.45. The van der Waals surface area contributed by atoms with Crippen molar-refractivity contribution in [2.75, 3.05) is 13.1 Å². The van der Waals surface area contributed by atoms with Gasteiger partial charge in [-0.1, -0.05) is 30.0 Å². The fourth-order valence-corrected chi connectivity index (χ4v) is 4.38. The summed E-state index contributed by atoms with van der Waals surface area (Å²) in [5.74, 6) is -0.868. The number of carbonyl (C=O) groups is 2. The fourth-order valence-electron chi connectivity index (χ4n) is 2.93. The number of benzene rings is 1. The van der Waals surface area contributed by atoms with Crippen molar-refractivity contribution in [1.29, 1.82) is 0 Å². The highest BCUT2D eigenvalue weighted by atomic mass is 32.2. The third-order valence-electron chi connectivity index (χ3n) is 3.91. The average Bonchev–Trinajstić information content (AvgIpc) is 2.83. The molecule has 1 aliphatic heterocycles. The van der Waals surface area contributed by atoms with E-state index in [0.717, 1.165) is 15.9 Å². The van der Waals surface area contributed by atoms with E-state index in [1.165, 1.54) is 11.8 Å². The number of nitrogens with one attached hydrogen (secondary N) is 1. The number of rotatable bonds is 4. The van der Waals surface area contributed by atoms with Gasteiger partial charge in [0.05, 0.1) is 16.2 Å². The molecule has 7 heteroatoms. The molecule has 6 nitrogen and oxygen atoms in total. The molecule has 0 aliphatic carbocycles. The van der Waals surface area contributed by atoms with Crippen LogP contribution in [0.1, 0.15) is 27.2 Å². The summed E-state index contributed by atoms with van der Waals surface area (Å²) >= 11 is 1.49. The Morgan fingerprint density at radius 1 is 1.32 bits per heavy atom. The van der Waals surface area contributed by atoms with Gasteiger partial charge < -0.3 is 19.7 Å². The minimum absolute atomic E-state index is 0.00761. The Morgan fingerprint density at radius 2 is 2.00 bits per heavy atom. The van der Waals surface area contributed by atoms with Crippen LogP contribution >= 0.6 is 11.8 Å². The maximum atomic E-state index is 12.1. The van der Waals surface area contributed by atoms with Crippen LogP contribution in [0.2, 0.25) is 0 Å². The van der Waals surface area contributed by atoms with E-state index in [0.29, 0.717) is 13.1 Å². The Hall–Kier alpha value is -2.15. The second-order valence-electron chi connectivity index (χ2n) is 7.41. The van der Waals surface area contributed by atoms with Crippen LogP contribution in [0.15, 0.2) is 35.4 Å². The molecule has 0 saturated carbocycles. The minimum Gasteiger partial charge on any atom is -0.481 e. The molecule has 3 rings (SSSR count). The number of hydrogen-bond donors (Lipinski definition) is 2. The number of aromatic nitrogens is 1. The minimum atomic E-state index is -0.868. The lowest BCUT2D eigenvalue weighted by Crippen LogP contribution is -2.62. The zero-order valence-corrected chi connectivity index (χ0v) is 15.4. The monoisotopic (exact) mass is 362 g/mol. The van der Waals surface area contributed by atoms with Crippen molar-refractivity contribution >= 4 is 34.7 Å². The van der Waals surface area contributed by atoms with Gasteiger partial charge in [-0.25, -0.2) is 4.79 Å². The van der Waals surface area contributed by atoms with Crippen LogP contribution in [0.5, 0.6) is 0 Å². The first kappa shape index (κ1) is 17.7. The van der Waals surface area contributed by atoms with Crippen LogP contribution in [0.25, 0.3) is 10.9 Å². The van der Waals surface area contributed by atoms with Gasteiger partial charge in [0, 0.05) is 24.0 Å². The number of aromatic amines is 1. The van der Waals surface area contributed by atoms with E-state index in [2.05, 4.69) is 4.98 Å². The number of aliphatic carboxylic acids is 1. The van der Waals surface area contributed by atoms with E-state index in [1.807, 2.05) is 51.1 Å². The molecule has 0 bridgehead atoms.